The summed E-state index contributed by atoms with van der Waals surface area (Å²) < 4.78 is 10.6. The van der Waals surface area contributed by atoms with E-state index in [1.54, 1.807) is 19.2 Å². The molecule has 6 nitrogen and oxygen atoms in total. The third-order valence-corrected chi connectivity index (χ3v) is 3.16. The summed E-state index contributed by atoms with van der Waals surface area (Å²) in [5, 5.41) is 17.9. The number of aromatic nitrogens is 2. The highest BCUT2D eigenvalue weighted by molar-refractivity contribution is 5.53. The Morgan fingerprint density at radius 1 is 1.20 bits per heavy atom. The van der Waals surface area contributed by atoms with Crippen LogP contribution in [0.5, 0.6) is 5.75 Å². The number of aliphatic hydroxyl groups is 1. The van der Waals surface area contributed by atoms with Crippen molar-refractivity contribution in [1.29, 1.82) is 0 Å². The number of ether oxygens (including phenoxy) is 1. The van der Waals surface area contributed by atoms with Crippen LogP contribution in [0, 0.1) is 5.92 Å². The second-order valence-electron chi connectivity index (χ2n) is 4.94. The molecule has 0 radical (unpaired) electrons. The fraction of sp³-hybridized carbons (Fsp3) is 0.429. The minimum atomic E-state index is -0.963. The van der Waals surface area contributed by atoms with E-state index >= 15 is 0 Å². The van der Waals surface area contributed by atoms with Crippen LogP contribution in [0.15, 0.2) is 28.7 Å². The van der Waals surface area contributed by atoms with Gasteiger partial charge in [0.2, 0.25) is 11.8 Å². The molecule has 6 heteroatoms. The Balaban J connectivity index is 2.19. The molecule has 3 N–H and O–H groups in total. The number of nitrogens with two attached hydrogens (primary N) is 1. The molecule has 20 heavy (non-hydrogen) atoms. The lowest BCUT2D eigenvalue weighted by atomic mass is 10.00. The van der Waals surface area contributed by atoms with E-state index in [9.17, 15) is 5.11 Å². The zero-order chi connectivity index (χ0) is 14.7. The first-order chi connectivity index (χ1) is 9.52. The fourth-order valence-electron chi connectivity index (χ4n) is 1.73. The minimum absolute atomic E-state index is 0.112. The van der Waals surface area contributed by atoms with Gasteiger partial charge in [0.1, 0.15) is 11.9 Å². The Labute approximate surface area is 117 Å². The van der Waals surface area contributed by atoms with Gasteiger partial charge in [-0.1, -0.05) is 13.8 Å². The van der Waals surface area contributed by atoms with Crippen LogP contribution in [0.2, 0.25) is 0 Å². The maximum atomic E-state index is 10.1. The number of benzene rings is 1. The van der Waals surface area contributed by atoms with Gasteiger partial charge in [-0.05, 0) is 30.2 Å². The topological polar surface area (TPSA) is 94.4 Å². The van der Waals surface area contributed by atoms with Crippen LogP contribution >= 0.6 is 0 Å². The molecule has 1 unspecified atom stereocenters. The molecular formula is C14H19N3O3. The van der Waals surface area contributed by atoms with Crippen LogP contribution in [0.1, 0.15) is 25.8 Å². The molecule has 108 valence electrons. The average molecular weight is 277 g/mol. The second-order valence-corrected chi connectivity index (χ2v) is 4.94. The third kappa shape index (κ3) is 2.97. The average Bonchev–Trinajstić information content (AvgIpc) is 2.95. The maximum absolute atomic E-state index is 10.1. The molecule has 0 aliphatic rings. The molecule has 2 rings (SSSR count). The van der Waals surface area contributed by atoms with E-state index < -0.39 is 12.1 Å². The molecule has 1 heterocycles. The number of hydrogen-bond donors (Lipinski definition) is 2. The SMILES string of the molecule is COc1ccc(-c2nnc(C(O)[C@@H](N)C(C)C)o2)cc1. The quantitative estimate of drug-likeness (QED) is 0.864. The van der Waals surface area contributed by atoms with Crippen LogP contribution < -0.4 is 10.5 Å². The van der Waals surface area contributed by atoms with Crippen molar-refractivity contribution in [1.82, 2.24) is 10.2 Å². The van der Waals surface area contributed by atoms with Gasteiger partial charge < -0.3 is 20.0 Å². The van der Waals surface area contributed by atoms with Gasteiger partial charge in [0, 0.05) is 11.6 Å². The van der Waals surface area contributed by atoms with Gasteiger partial charge in [-0.2, -0.15) is 0 Å². The monoisotopic (exact) mass is 277 g/mol. The van der Waals surface area contributed by atoms with Crippen molar-refractivity contribution in [2.45, 2.75) is 26.0 Å². The molecule has 0 aliphatic carbocycles. The number of hydrogen-bond acceptors (Lipinski definition) is 6. The van der Waals surface area contributed by atoms with E-state index in [1.807, 2.05) is 26.0 Å². The predicted molar refractivity (Wildman–Crippen MR) is 74.1 cm³/mol. The summed E-state index contributed by atoms with van der Waals surface area (Å²) in [6.45, 7) is 3.85. The molecular weight excluding hydrogens is 258 g/mol. The first-order valence-electron chi connectivity index (χ1n) is 6.44. The Hall–Kier alpha value is -1.92. The Kier molecular flexibility index (Phi) is 4.36. The van der Waals surface area contributed by atoms with Crippen LogP contribution in [0.3, 0.4) is 0 Å². The number of aliphatic hydroxyl groups excluding tert-OH is 1. The molecule has 2 atom stereocenters. The molecule has 0 fully saturated rings. The van der Waals surface area contributed by atoms with Crippen molar-refractivity contribution in [3.05, 3.63) is 30.2 Å². The second kappa shape index (κ2) is 6.02. The van der Waals surface area contributed by atoms with E-state index in [0.29, 0.717) is 5.89 Å². The lowest BCUT2D eigenvalue weighted by Crippen LogP contribution is -2.33. The minimum Gasteiger partial charge on any atom is -0.497 e. The van der Waals surface area contributed by atoms with Crippen LogP contribution in [0.4, 0.5) is 0 Å². The van der Waals surface area contributed by atoms with Crippen molar-refractivity contribution >= 4 is 0 Å². The highest BCUT2D eigenvalue weighted by atomic mass is 16.5. The van der Waals surface area contributed by atoms with Crippen LogP contribution in [-0.2, 0) is 0 Å². The molecule has 1 aromatic carbocycles. The number of methoxy groups -OCH3 is 1. The summed E-state index contributed by atoms with van der Waals surface area (Å²) in [5.41, 5.74) is 6.64. The Morgan fingerprint density at radius 3 is 2.40 bits per heavy atom. The molecule has 0 spiro atoms. The van der Waals surface area contributed by atoms with Crippen LogP contribution in [-0.4, -0.2) is 28.5 Å². The van der Waals surface area contributed by atoms with Gasteiger partial charge >= 0.3 is 0 Å². The molecule has 2 aromatic rings. The normalized spacial score (nSPS) is 14.3. The van der Waals surface area contributed by atoms with Crippen molar-refractivity contribution in [3.8, 4) is 17.2 Å². The highest BCUT2D eigenvalue weighted by Gasteiger charge is 2.25. The van der Waals surface area contributed by atoms with E-state index in [0.717, 1.165) is 11.3 Å². The lowest BCUT2D eigenvalue weighted by molar-refractivity contribution is 0.0979. The molecule has 0 aliphatic heterocycles. The smallest absolute Gasteiger partial charge is 0.247 e. The highest BCUT2D eigenvalue weighted by Crippen LogP contribution is 2.25. The molecule has 0 amide bonds. The van der Waals surface area contributed by atoms with Crippen molar-refractivity contribution < 1.29 is 14.3 Å². The summed E-state index contributed by atoms with van der Waals surface area (Å²) in [6, 6.07) is 6.78. The summed E-state index contributed by atoms with van der Waals surface area (Å²) in [7, 11) is 1.60. The fourth-order valence-corrected chi connectivity index (χ4v) is 1.73. The van der Waals surface area contributed by atoms with Crippen molar-refractivity contribution in [2.24, 2.45) is 11.7 Å². The third-order valence-electron chi connectivity index (χ3n) is 3.16. The van der Waals surface area contributed by atoms with Gasteiger partial charge in [0.15, 0.2) is 0 Å². The molecule has 1 aromatic heterocycles. The summed E-state index contributed by atoms with van der Waals surface area (Å²) in [4.78, 5) is 0. The molecule has 0 saturated heterocycles. The van der Waals surface area contributed by atoms with E-state index in [-0.39, 0.29) is 11.8 Å². The molecule has 0 bridgehead atoms. The number of rotatable bonds is 5. The largest absolute Gasteiger partial charge is 0.497 e. The zero-order valence-electron chi connectivity index (χ0n) is 11.8. The first kappa shape index (κ1) is 14.5. The van der Waals surface area contributed by atoms with Gasteiger partial charge in [-0.15, -0.1) is 10.2 Å². The Bertz CT molecular complexity index is 551. The Morgan fingerprint density at radius 2 is 1.85 bits per heavy atom. The first-order valence-corrected chi connectivity index (χ1v) is 6.44. The van der Waals surface area contributed by atoms with Crippen LogP contribution in [0.25, 0.3) is 11.5 Å². The summed E-state index contributed by atoms with van der Waals surface area (Å²) in [6.07, 6.45) is -0.963. The molecule has 0 saturated carbocycles. The summed E-state index contributed by atoms with van der Waals surface area (Å²) in [5.74, 6) is 1.34. The van der Waals surface area contributed by atoms with Gasteiger partial charge in [-0.25, -0.2) is 0 Å². The van der Waals surface area contributed by atoms with E-state index in [1.165, 1.54) is 0 Å². The summed E-state index contributed by atoms with van der Waals surface area (Å²) >= 11 is 0. The predicted octanol–water partition coefficient (Wildman–Crippen LogP) is 1.76. The zero-order valence-corrected chi connectivity index (χ0v) is 11.8. The number of nitrogens with zero attached hydrogens (tertiary/aromatic N) is 2. The van der Waals surface area contributed by atoms with Crippen molar-refractivity contribution in [2.75, 3.05) is 7.11 Å². The van der Waals surface area contributed by atoms with Crippen molar-refractivity contribution in [3.63, 3.8) is 0 Å². The van der Waals surface area contributed by atoms with E-state index in [4.69, 9.17) is 14.9 Å². The van der Waals surface area contributed by atoms with Gasteiger partial charge in [0.25, 0.3) is 0 Å². The van der Waals surface area contributed by atoms with Gasteiger partial charge in [0.05, 0.1) is 7.11 Å². The lowest BCUT2D eigenvalue weighted by Gasteiger charge is -2.18. The van der Waals surface area contributed by atoms with Gasteiger partial charge in [-0.3, -0.25) is 0 Å². The standard InChI is InChI=1S/C14H19N3O3/c1-8(2)11(15)12(18)14-17-16-13(20-14)9-4-6-10(19-3)7-5-9/h4-8,11-12,18H,15H2,1-3H3/t11-,12?/m0/s1. The van der Waals surface area contributed by atoms with E-state index in [2.05, 4.69) is 10.2 Å². The maximum Gasteiger partial charge on any atom is 0.247 e.